The van der Waals surface area contributed by atoms with Gasteiger partial charge in [-0.15, -0.1) is 0 Å². The molecule has 0 saturated carbocycles. The summed E-state index contributed by atoms with van der Waals surface area (Å²) in [5, 5.41) is 10.4. The van der Waals surface area contributed by atoms with Crippen LogP contribution in [0.5, 0.6) is 5.88 Å². The van der Waals surface area contributed by atoms with E-state index in [1.807, 2.05) is 0 Å². The maximum atomic E-state index is 10.4. The van der Waals surface area contributed by atoms with Crippen LogP contribution >= 0.6 is 0 Å². The molecule has 1 aromatic rings. The van der Waals surface area contributed by atoms with Crippen molar-refractivity contribution in [2.75, 3.05) is 13.2 Å². The van der Waals surface area contributed by atoms with Crippen LogP contribution in [0.1, 0.15) is 19.3 Å². The van der Waals surface area contributed by atoms with Crippen LogP contribution in [0.2, 0.25) is 0 Å². The quantitative estimate of drug-likeness (QED) is 0.592. The molecule has 0 bridgehead atoms. The van der Waals surface area contributed by atoms with Crippen LogP contribution in [0.3, 0.4) is 0 Å². The van der Waals surface area contributed by atoms with E-state index >= 15 is 0 Å². The first-order valence-electron chi connectivity index (χ1n) is 5.60. The van der Waals surface area contributed by atoms with E-state index < -0.39 is 4.92 Å². The van der Waals surface area contributed by atoms with Gasteiger partial charge in [0.05, 0.1) is 11.0 Å². The van der Waals surface area contributed by atoms with Gasteiger partial charge in [-0.25, -0.2) is 4.98 Å². The number of nitrogens with zero attached hydrogens (tertiary/aromatic N) is 2. The van der Waals surface area contributed by atoms with E-state index in [-0.39, 0.29) is 11.8 Å². The molecule has 1 fully saturated rings. The minimum atomic E-state index is -0.485. The Morgan fingerprint density at radius 2 is 2.41 bits per heavy atom. The molecule has 1 saturated heterocycles. The van der Waals surface area contributed by atoms with Gasteiger partial charge in [0.2, 0.25) is 5.88 Å². The summed E-state index contributed by atoms with van der Waals surface area (Å²) < 4.78 is 10.9. The van der Waals surface area contributed by atoms with Crippen LogP contribution in [-0.4, -0.2) is 29.2 Å². The van der Waals surface area contributed by atoms with Crippen molar-refractivity contribution in [3.8, 4) is 5.88 Å². The van der Waals surface area contributed by atoms with Crippen molar-refractivity contribution in [2.45, 2.75) is 25.4 Å². The van der Waals surface area contributed by atoms with Gasteiger partial charge in [-0.3, -0.25) is 10.1 Å². The lowest BCUT2D eigenvalue weighted by atomic mass is 10.1. The van der Waals surface area contributed by atoms with Crippen molar-refractivity contribution >= 4 is 5.69 Å². The van der Waals surface area contributed by atoms with Gasteiger partial charge < -0.3 is 9.47 Å². The third kappa shape index (κ3) is 3.39. The monoisotopic (exact) mass is 238 g/mol. The molecule has 0 amide bonds. The van der Waals surface area contributed by atoms with Crippen molar-refractivity contribution in [3.63, 3.8) is 0 Å². The number of hydrogen-bond donors (Lipinski definition) is 0. The van der Waals surface area contributed by atoms with Gasteiger partial charge in [0.1, 0.15) is 12.8 Å². The Kier molecular flexibility index (Phi) is 3.87. The van der Waals surface area contributed by atoms with Crippen molar-refractivity contribution in [1.82, 2.24) is 4.98 Å². The number of nitro groups is 1. The Bertz CT molecular complexity index is 374. The molecule has 2 rings (SSSR count). The molecule has 1 aliphatic heterocycles. The molecule has 0 aromatic carbocycles. The number of ether oxygens (including phenoxy) is 2. The summed E-state index contributed by atoms with van der Waals surface area (Å²) in [5.41, 5.74) is -0.0359. The Morgan fingerprint density at radius 1 is 1.53 bits per heavy atom. The molecular formula is C11H14N2O4. The van der Waals surface area contributed by atoms with E-state index in [4.69, 9.17) is 9.47 Å². The molecule has 1 atom stereocenters. The van der Waals surface area contributed by atoms with E-state index in [0.29, 0.717) is 12.5 Å². The van der Waals surface area contributed by atoms with Crippen LogP contribution in [0.4, 0.5) is 5.69 Å². The molecule has 0 radical (unpaired) electrons. The Hall–Kier alpha value is -1.69. The van der Waals surface area contributed by atoms with E-state index in [1.165, 1.54) is 18.3 Å². The zero-order valence-corrected chi connectivity index (χ0v) is 9.37. The molecule has 6 nitrogen and oxygen atoms in total. The second-order valence-corrected chi connectivity index (χ2v) is 3.91. The molecule has 2 heterocycles. The maximum Gasteiger partial charge on any atom is 0.287 e. The van der Waals surface area contributed by atoms with E-state index in [0.717, 1.165) is 25.9 Å². The predicted molar refractivity (Wildman–Crippen MR) is 60.0 cm³/mol. The summed E-state index contributed by atoms with van der Waals surface area (Å²) in [6.45, 7) is 1.23. The van der Waals surface area contributed by atoms with Gasteiger partial charge >= 0.3 is 0 Å². The van der Waals surface area contributed by atoms with Gasteiger partial charge in [-0.2, -0.15) is 0 Å². The lowest BCUT2D eigenvalue weighted by Crippen LogP contribution is -2.25. The van der Waals surface area contributed by atoms with Gasteiger partial charge in [-0.1, -0.05) is 0 Å². The van der Waals surface area contributed by atoms with Crippen molar-refractivity contribution in [3.05, 3.63) is 28.4 Å². The first kappa shape index (κ1) is 11.8. The molecule has 1 unspecified atom stereocenters. The number of rotatable bonds is 4. The molecule has 1 aromatic heterocycles. The molecule has 0 spiro atoms. The highest BCUT2D eigenvalue weighted by atomic mass is 16.6. The zero-order chi connectivity index (χ0) is 12.1. The fourth-order valence-electron chi connectivity index (χ4n) is 1.68. The predicted octanol–water partition coefficient (Wildman–Crippen LogP) is 1.94. The van der Waals surface area contributed by atoms with Crippen LogP contribution in [-0.2, 0) is 4.74 Å². The van der Waals surface area contributed by atoms with Gasteiger partial charge in [0.15, 0.2) is 0 Å². The normalized spacial score (nSPS) is 19.9. The lowest BCUT2D eigenvalue weighted by Gasteiger charge is -2.22. The second kappa shape index (κ2) is 5.58. The molecule has 92 valence electrons. The van der Waals surface area contributed by atoms with Crippen molar-refractivity contribution in [1.29, 1.82) is 0 Å². The summed E-state index contributed by atoms with van der Waals surface area (Å²) >= 11 is 0. The highest BCUT2D eigenvalue weighted by Crippen LogP contribution is 2.16. The molecular weight excluding hydrogens is 224 g/mol. The third-order valence-corrected chi connectivity index (χ3v) is 2.62. The molecule has 0 aliphatic carbocycles. The third-order valence-electron chi connectivity index (χ3n) is 2.62. The minimum Gasteiger partial charge on any atom is -0.475 e. The Labute approximate surface area is 98.7 Å². The number of pyridine rings is 1. The molecule has 1 aliphatic rings. The van der Waals surface area contributed by atoms with E-state index in [1.54, 1.807) is 0 Å². The Morgan fingerprint density at radius 3 is 3.00 bits per heavy atom. The Balaban J connectivity index is 1.84. The van der Waals surface area contributed by atoms with Gasteiger partial charge in [-0.05, 0) is 19.3 Å². The SMILES string of the molecule is O=[N+]([O-])c1ccc(OCC2CCCCO2)nc1. The van der Waals surface area contributed by atoms with Crippen molar-refractivity contribution < 1.29 is 14.4 Å². The van der Waals surface area contributed by atoms with Crippen LogP contribution < -0.4 is 4.74 Å². The lowest BCUT2D eigenvalue weighted by molar-refractivity contribution is -0.385. The topological polar surface area (TPSA) is 74.5 Å². The van der Waals surface area contributed by atoms with Gasteiger partial charge in [0, 0.05) is 18.7 Å². The van der Waals surface area contributed by atoms with Gasteiger partial charge in [0.25, 0.3) is 5.69 Å². The second-order valence-electron chi connectivity index (χ2n) is 3.91. The minimum absolute atomic E-state index is 0.0359. The summed E-state index contributed by atoms with van der Waals surface area (Å²) in [6.07, 6.45) is 4.55. The largest absolute Gasteiger partial charge is 0.475 e. The zero-order valence-electron chi connectivity index (χ0n) is 9.37. The first-order chi connectivity index (χ1) is 8.25. The standard InChI is InChI=1S/C11H14N2O4/c14-13(15)9-4-5-11(12-7-9)17-8-10-3-1-2-6-16-10/h4-5,7,10H,1-3,6,8H2. The maximum absolute atomic E-state index is 10.4. The van der Waals surface area contributed by atoms with E-state index in [2.05, 4.69) is 4.98 Å². The highest BCUT2D eigenvalue weighted by Gasteiger charge is 2.15. The summed E-state index contributed by atoms with van der Waals surface area (Å²) in [7, 11) is 0. The fraction of sp³-hybridized carbons (Fsp3) is 0.545. The van der Waals surface area contributed by atoms with E-state index in [9.17, 15) is 10.1 Å². The van der Waals surface area contributed by atoms with Crippen LogP contribution in [0.15, 0.2) is 18.3 Å². The summed E-state index contributed by atoms with van der Waals surface area (Å²) in [6, 6.07) is 2.88. The number of hydrogen-bond acceptors (Lipinski definition) is 5. The average molecular weight is 238 g/mol. The molecule has 6 heteroatoms. The smallest absolute Gasteiger partial charge is 0.287 e. The van der Waals surface area contributed by atoms with Crippen LogP contribution in [0, 0.1) is 10.1 Å². The number of aromatic nitrogens is 1. The summed E-state index contributed by atoms with van der Waals surface area (Å²) in [5.74, 6) is 0.393. The van der Waals surface area contributed by atoms with Crippen molar-refractivity contribution in [2.24, 2.45) is 0 Å². The average Bonchev–Trinajstić information content (AvgIpc) is 2.38. The fourth-order valence-corrected chi connectivity index (χ4v) is 1.68. The van der Waals surface area contributed by atoms with Crippen LogP contribution in [0.25, 0.3) is 0 Å². The molecule has 0 N–H and O–H groups in total. The summed E-state index contributed by atoms with van der Waals surface area (Å²) in [4.78, 5) is 13.8. The first-order valence-corrected chi connectivity index (χ1v) is 5.60. The molecule has 17 heavy (non-hydrogen) atoms. The highest BCUT2D eigenvalue weighted by molar-refractivity contribution is 5.28.